The molecule has 0 aromatic carbocycles. The third kappa shape index (κ3) is 22.0. The van der Waals surface area contributed by atoms with Crippen molar-refractivity contribution < 1.29 is 162 Å². The van der Waals surface area contributed by atoms with Crippen LogP contribution < -0.4 is 0 Å². The Hall–Kier alpha value is -7.47. The van der Waals surface area contributed by atoms with Gasteiger partial charge in [-0.15, -0.1) is 6.58 Å². The molecule has 4 fully saturated rings. The van der Waals surface area contributed by atoms with Gasteiger partial charge in [-0.2, -0.15) is 0 Å². The summed E-state index contributed by atoms with van der Waals surface area (Å²) in [6.07, 6.45) is -37.7. The van der Waals surface area contributed by atoms with E-state index in [1.165, 1.54) is 6.08 Å². The van der Waals surface area contributed by atoms with Gasteiger partial charge in [-0.1, -0.05) is 6.08 Å². The lowest BCUT2D eigenvalue weighted by Crippen LogP contribution is -2.70. The summed E-state index contributed by atoms with van der Waals surface area (Å²) in [6, 6.07) is 0. The van der Waals surface area contributed by atoms with Crippen LogP contribution in [0.1, 0.15) is 90.0 Å². The van der Waals surface area contributed by atoms with Crippen LogP contribution in [-0.4, -0.2) is 233 Å². The molecule has 34 heteroatoms. The minimum Gasteiger partial charge on any atom is -0.463 e. The van der Waals surface area contributed by atoms with Crippen molar-refractivity contribution in [2.24, 2.45) is 0 Å². The molecule has 0 amide bonds. The Morgan fingerprint density at radius 3 is 0.701 bits per heavy atom. The fourth-order valence-electron chi connectivity index (χ4n) is 9.33. The predicted octanol–water partition coefficient (Wildman–Crippen LogP) is -1.12. The van der Waals surface area contributed by atoms with Gasteiger partial charge in [0, 0.05) is 90.0 Å². The van der Waals surface area contributed by atoms with Crippen LogP contribution in [-0.2, 0) is 162 Å². The van der Waals surface area contributed by atoms with Crippen molar-refractivity contribution in [1.29, 1.82) is 0 Å². The van der Waals surface area contributed by atoms with Crippen molar-refractivity contribution in [2.75, 3.05) is 33.0 Å². The molecule has 0 aromatic rings. The first-order valence-corrected chi connectivity index (χ1v) is 26.7. The summed E-state index contributed by atoms with van der Waals surface area (Å²) in [7, 11) is 0. The number of rotatable bonds is 26. The molecule has 4 heterocycles. The monoisotopic (exact) mass is 1250 g/mol. The Morgan fingerprint density at radius 2 is 0.471 bits per heavy atom. The maximum atomic E-state index is 13.5. The first-order chi connectivity index (χ1) is 40.8. The average Bonchev–Trinajstić information content (AvgIpc) is 1.33. The van der Waals surface area contributed by atoms with E-state index < -0.39 is 227 Å². The SMILES string of the molecule is C=CCO[C@@H]1O[C@H](COC(C)=O)[C@@H](OC(C)=O)[C@H](O[C@@H]2O[C@H](COC(C)=O)[C@@H](OC(C)=O)[C@H](O[C@@H]3O[C@H](COC(C)=O)[C@@H](OC(C)=O)[C@H](O[C@@H]4O[C@H](COC(C)=O)[C@@H](OC(C)=O)[C@H](OC(C)=O)[C@H]4OC(C)=O)[C@H]3OC(C)=O)[C@H]2OC(C)=O)[C@H]1OC(C)=O. The van der Waals surface area contributed by atoms with E-state index in [0.29, 0.717) is 0 Å². The highest BCUT2D eigenvalue weighted by atomic mass is 16.8. The molecule has 0 saturated carbocycles. The zero-order valence-electron chi connectivity index (χ0n) is 49.7. The Kier molecular flexibility index (Phi) is 27.8. The second-order valence-corrected chi connectivity index (χ2v) is 19.5. The minimum absolute atomic E-state index is 0.297. The van der Waals surface area contributed by atoms with Crippen molar-refractivity contribution in [1.82, 2.24) is 0 Å². The molecule has 34 nitrogen and oxygen atoms in total. The van der Waals surface area contributed by atoms with Crippen molar-refractivity contribution in [3.63, 3.8) is 0 Å². The molecule has 4 aliphatic heterocycles. The molecule has 4 saturated heterocycles. The molecule has 0 aliphatic carbocycles. The van der Waals surface area contributed by atoms with E-state index in [4.69, 9.17) is 99.5 Å². The van der Waals surface area contributed by atoms with E-state index in [1.807, 2.05) is 0 Å². The van der Waals surface area contributed by atoms with E-state index in [2.05, 4.69) is 6.58 Å². The Morgan fingerprint density at radius 1 is 0.276 bits per heavy atom. The number of ether oxygens (including phenoxy) is 21. The Bertz CT molecular complexity index is 2500. The maximum Gasteiger partial charge on any atom is 0.303 e. The topological polar surface area (TPSA) is 416 Å². The lowest BCUT2D eigenvalue weighted by Gasteiger charge is -2.51. The summed E-state index contributed by atoms with van der Waals surface area (Å²) in [5, 5.41) is 0. The number of hydrogen-bond donors (Lipinski definition) is 0. The van der Waals surface area contributed by atoms with Crippen molar-refractivity contribution in [2.45, 2.75) is 213 Å². The molecule has 0 N–H and O–H groups in total. The van der Waals surface area contributed by atoms with Gasteiger partial charge in [0.2, 0.25) is 0 Å². The van der Waals surface area contributed by atoms with Crippen LogP contribution in [0.25, 0.3) is 0 Å². The normalized spacial score (nSPS) is 31.9. The van der Waals surface area contributed by atoms with Gasteiger partial charge >= 0.3 is 77.6 Å². The Labute approximate surface area is 496 Å². The molecule has 20 atom stereocenters. The second-order valence-electron chi connectivity index (χ2n) is 19.5. The third-order valence-electron chi connectivity index (χ3n) is 12.1. The lowest BCUT2D eigenvalue weighted by molar-refractivity contribution is -0.390. The number of carbonyl (C=O) groups is 13. The number of carbonyl (C=O) groups excluding carboxylic acids is 13. The standard InChI is InChI=1S/C53H72O34/c1-15-16-67-50-46(77-30(11)63)43(39(73-26(7)59)34(81-50)17-68-21(2)54)85-52-48(79-32(13)65)45(41(75-28(9)61)36(83-52)19-70-23(4)56)87-53-49(80-33(14)66)44(40(74-27(8)60)37(84-53)20-71-24(5)57)86-51-47(78-31(12)64)42(76-29(10)62)38(72-25(6)58)35(82-51)18-69-22(3)55/h15,34-53H,1,16-20H2,2-14H3/t34-,35-,36-,37-,38-,39-,40-,41-,42+,43+,44+,45+,46-,47-,48-,49-,50-,51+,52+,53+/m1/s1. The molecule has 4 aliphatic rings. The summed E-state index contributed by atoms with van der Waals surface area (Å²) in [5.41, 5.74) is 0. The lowest BCUT2D eigenvalue weighted by atomic mass is 9.94. The molecule has 0 bridgehead atoms. The first kappa shape index (κ1) is 72.0. The molecule has 0 unspecified atom stereocenters. The van der Waals surface area contributed by atoms with Crippen molar-refractivity contribution in [3.8, 4) is 0 Å². The van der Waals surface area contributed by atoms with Gasteiger partial charge < -0.3 is 99.5 Å². The Balaban J connectivity index is 2.09. The van der Waals surface area contributed by atoms with Crippen LogP contribution in [0.15, 0.2) is 12.7 Å². The number of esters is 13. The van der Waals surface area contributed by atoms with E-state index in [1.54, 1.807) is 0 Å². The van der Waals surface area contributed by atoms with E-state index in [9.17, 15) is 62.3 Å². The highest BCUT2D eigenvalue weighted by Crippen LogP contribution is 2.40. The summed E-state index contributed by atoms with van der Waals surface area (Å²) < 4.78 is 123. The van der Waals surface area contributed by atoms with Crippen LogP contribution in [0.5, 0.6) is 0 Å². The minimum atomic E-state index is -2.30. The molecule has 4 rings (SSSR count). The summed E-state index contributed by atoms with van der Waals surface area (Å²) >= 11 is 0. The largest absolute Gasteiger partial charge is 0.463 e. The molecule has 87 heavy (non-hydrogen) atoms. The zero-order chi connectivity index (χ0) is 65.1. The molecule has 0 spiro atoms. The number of hydrogen-bond acceptors (Lipinski definition) is 34. The zero-order valence-corrected chi connectivity index (χ0v) is 49.7. The van der Waals surface area contributed by atoms with Gasteiger partial charge in [0.25, 0.3) is 0 Å². The van der Waals surface area contributed by atoms with Gasteiger partial charge in [-0.05, 0) is 0 Å². The highest BCUT2D eigenvalue weighted by Gasteiger charge is 2.62. The summed E-state index contributed by atoms with van der Waals surface area (Å²) in [4.78, 5) is 167. The first-order valence-electron chi connectivity index (χ1n) is 26.7. The fraction of sp³-hybridized carbons (Fsp3) is 0.717. The summed E-state index contributed by atoms with van der Waals surface area (Å²) in [6.45, 7) is 12.5. The van der Waals surface area contributed by atoms with Gasteiger partial charge in [0.05, 0.1) is 6.61 Å². The average molecular weight is 1250 g/mol. The van der Waals surface area contributed by atoms with E-state index >= 15 is 0 Å². The fourth-order valence-corrected chi connectivity index (χ4v) is 9.33. The van der Waals surface area contributed by atoms with Gasteiger partial charge in [-0.3, -0.25) is 62.3 Å². The highest BCUT2D eigenvalue weighted by molar-refractivity contribution is 5.71. The van der Waals surface area contributed by atoms with Crippen molar-refractivity contribution in [3.05, 3.63) is 12.7 Å². The smallest absolute Gasteiger partial charge is 0.303 e. The van der Waals surface area contributed by atoms with Gasteiger partial charge in [0.15, 0.2) is 80.1 Å². The molecular weight excluding hydrogens is 1180 g/mol. The third-order valence-corrected chi connectivity index (χ3v) is 12.1. The molecule has 0 aromatic heterocycles. The molecular formula is C53H72O34. The molecule has 488 valence electrons. The van der Waals surface area contributed by atoms with Crippen LogP contribution in [0, 0.1) is 0 Å². The molecule has 0 radical (unpaired) electrons. The quantitative estimate of drug-likeness (QED) is 0.0562. The van der Waals surface area contributed by atoms with Crippen LogP contribution in [0.4, 0.5) is 0 Å². The van der Waals surface area contributed by atoms with E-state index in [0.717, 1.165) is 90.0 Å². The van der Waals surface area contributed by atoms with Crippen LogP contribution >= 0.6 is 0 Å². The van der Waals surface area contributed by atoms with Gasteiger partial charge in [-0.25, -0.2) is 0 Å². The van der Waals surface area contributed by atoms with Crippen molar-refractivity contribution >= 4 is 77.6 Å². The predicted molar refractivity (Wildman–Crippen MR) is 272 cm³/mol. The van der Waals surface area contributed by atoms with Gasteiger partial charge in [0.1, 0.15) is 69.2 Å². The summed E-state index contributed by atoms with van der Waals surface area (Å²) in [5.74, 6) is -13.4. The second kappa shape index (κ2) is 33.6. The van der Waals surface area contributed by atoms with E-state index in [-0.39, 0.29) is 6.61 Å². The van der Waals surface area contributed by atoms with Crippen LogP contribution in [0.2, 0.25) is 0 Å². The maximum absolute atomic E-state index is 13.5. The van der Waals surface area contributed by atoms with Crippen LogP contribution in [0.3, 0.4) is 0 Å².